The molecule has 3 fully saturated rings. The van der Waals surface area contributed by atoms with Gasteiger partial charge in [-0.1, -0.05) is 64.1 Å². The second-order valence-corrected chi connectivity index (χ2v) is 18.1. The van der Waals surface area contributed by atoms with Crippen LogP contribution < -0.4 is 10.6 Å². The molecule has 2 saturated heterocycles. The van der Waals surface area contributed by atoms with Crippen molar-refractivity contribution in [3.05, 3.63) is 83.6 Å². The summed E-state index contributed by atoms with van der Waals surface area (Å²) in [5.41, 5.74) is 11.0. The molecule has 4 aliphatic rings. The molecule has 2 bridgehead atoms. The number of fused-ring (bicyclic) bond motifs is 6. The van der Waals surface area contributed by atoms with Gasteiger partial charge in [0.1, 0.15) is 23.7 Å². The predicted molar refractivity (Wildman–Crippen MR) is 235 cm³/mol. The number of ether oxygens (including phenoxy) is 2. The minimum Gasteiger partial charge on any atom is -0.453 e. The lowest BCUT2D eigenvalue weighted by Gasteiger charge is -2.37. The molecule has 5 aromatic rings. The third-order valence-corrected chi connectivity index (χ3v) is 13.7. The minimum absolute atomic E-state index is 0.0834. The lowest BCUT2D eigenvalue weighted by Crippen LogP contribution is -2.54. The monoisotopic (exact) mass is 840 g/mol. The average Bonchev–Trinajstić information content (AvgIpc) is 4.14. The first-order valence-electron chi connectivity index (χ1n) is 22.1. The van der Waals surface area contributed by atoms with Crippen LogP contribution in [0, 0.1) is 17.8 Å². The number of nitrogens with zero attached hydrogens (tertiary/aromatic N) is 4. The molecular formula is C48H56N8O6. The molecule has 4 heterocycles. The number of imidazole rings is 2. The second kappa shape index (κ2) is 16.6. The number of piperidine rings is 1. The molecule has 0 radical (unpaired) electrons. The van der Waals surface area contributed by atoms with Gasteiger partial charge in [0.05, 0.1) is 49.2 Å². The average molecular weight is 841 g/mol. The van der Waals surface area contributed by atoms with Gasteiger partial charge in [-0.2, -0.15) is 0 Å². The van der Waals surface area contributed by atoms with E-state index >= 15 is 0 Å². The Bertz CT molecular complexity index is 2540. The number of carbonyl (C=O) groups excluding carboxylic acids is 4. The van der Waals surface area contributed by atoms with Gasteiger partial charge < -0.3 is 39.9 Å². The van der Waals surface area contributed by atoms with Gasteiger partial charge in [-0.25, -0.2) is 19.6 Å². The van der Waals surface area contributed by atoms with Crippen LogP contribution in [0.1, 0.15) is 94.7 Å². The van der Waals surface area contributed by atoms with Crippen LogP contribution in [0.15, 0.2) is 60.8 Å². The number of carbonyl (C=O) groups is 4. The highest BCUT2D eigenvalue weighted by atomic mass is 16.5. The van der Waals surface area contributed by atoms with E-state index in [9.17, 15) is 19.2 Å². The number of aromatic nitrogens is 4. The number of aryl methyl sites for hydroxylation is 2. The Morgan fingerprint density at radius 1 is 0.742 bits per heavy atom. The summed E-state index contributed by atoms with van der Waals surface area (Å²) in [6.07, 6.45) is 7.04. The number of hydrogen-bond acceptors (Lipinski definition) is 8. The summed E-state index contributed by atoms with van der Waals surface area (Å²) in [7, 11) is 2.61. The SMILES string of the molecule is COC(=O)NC(C(=O)N1CCC[C@H]1c1ncc(-c2ccc3c(c2)CCc2cc(-c4ccc5nc([C@@H]6[C@H]7CC[C@H](C7)N6C(=O)[C@@H](NC(=O)OC)C(C)C)[nH]c5c4)ccc2-3)[nH]1)C(C)C. The van der Waals surface area contributed by atoms with Crippen molar-refractivity contribution in [1.82, 2.24) is 40.4 Å². The van der Waals surface area contributed by atoms with Crippen molar-refractivity contribution in [2.75, 3.05) is 20.8 Å². The Morgan fingerprint density at radius 3 is 2.05 bits per heavy atom. The number of nitrogens with one attached hydrogen (secondary N) is 4. The van der Waals surface area contributed by atoms with E-state index in [1.165, 1.54) is 36.5 Å². The molecular weight excluding hydrogens is 785 g/mol. The van der Waals surface area contributed by atoms with Gasteiger partial charge in [-0.05, 0) is 120 Å². The van der Waals surface area contributed by atoms with Crippen LogP contribution >= 0.6 is 0 Å². The van der Waals surface area contributed by atoms with E-state index in [4.69, 9.17) is 19.4 Å². The van der Waals surface area contributed by atoms with E-state index in [0.717, 1.165) is 90.0 Å². The maximum Gasteiger partial charge on any atom is 0.407 e. The molecule has 62 heavy (non-hydrogen) atoms. The van der Waals surface area contributed by atoms with Crippen LogP contribution in [-0.4, -0.2) is 92.6 Å². The second-order valence-electron chi connectivity index (χ2n) is 18.1. The Morgan fingerprint density at radius 2 is 1.37 bits per heavy atom. The van der Waals surface area contributed by atoms with Gasteiger partial charge in [0.25, 0.3) is 0 Å². The lowest BCUT2D eigenvalue weighted by atomic mass is 9.83. The largest absolute Gasteiger partial charge is 0.453 e. The normalized spacial score (nSPS) is 21.2. The summed E-state index contributed by atoms with van der Waals surface area (Å²) in [6.45, 7) is 8.31. The molecule has 4 N–H and O–H groups in total. The first-order chi connectivity index (χ1) is 29.9. The number of rotatable bonds is 10. The molecule has 9 rings (SSSR count). The molecule has 324 valence electrons. The highest BCUT2D eigenvalue weighted by Crippen LogP contribution is 2.50. The number of H-pyrrole nitrogens is 2. The molecule has 4 amide bonds. The number of alkyl carbamates (subject to hydrolysis) is 2. The van der Waals surface area contributed by atoms with Gasteiger partial charge in [0, 0.05) is 12.6 Å². The summed E-state index contributed by atoms with van der Waals surface area (Å²) >= 11 is 0. The summed E-state index contributed by atoms with van der Waals surface area (Å²) in [5.74, 6) is 1.45. The topological polar surface area (TPSA) is 175 Å². The Labute approximate surface area is 361 Å². The Kier molecular flexibility index (Phi) is 11.0. The van der Waals surface area contributed by atoms with E-state index in [1.807, 2.05) is 43.7 Å². The summed E-state index contributed by atoms with van der Waals surface area (Å²) < 4.78 is 9.64. The van der Waals surface area contributed by atoms with Gasteiger partial charge >= 0.3 is 12.2 Å². The maximum atomic E-state index is 14.1. The van der Waals surface area contributed by atoms with Crippen molar-refractivity contribution in [3.8, 4) is 33.5 Å². The fourth-order valence-corrected chi connectivity index (χ4v) is 10.5. The van der Waals surface area contributed by atoms with Crippen molar-refractivity contribution < 1.29 is 28.7 Å². The van der Waals surface area contributed by atoms with Crippen molar-refractivity contribution in [3.63, 3.8) is 0 Å². The fraction of sp³-hybridized carbons (Fsp3) is 0.458. The van der Waals surface area contributed by atoms with Crippen molar-refractivity contribution in [1.29, 1.82) is 0 Å². The van der Waals surface area contributed by atoms with E-state index in [-0.39, 0.29) is 41.8 Å². The maximum absolute atomic E-state index is 14.1. The number of aromatic amines is 2. The van der Waals surface area contributed by atoms with Crippen LogP contribution in [-0.2, 0) is 31.9 Å². The molecule has 2 aromatic heterocycles. The van der Waals surface area contributed by atoms with E-state index in [0.29, 0.717) is 12.5 Å². The van der Waals surface area contributed by atoms with Gasteiger partial charge in [-0.15, -0.1) is 0 Å². The first-order valence-corrected chi connectivity index (χ1v) is 22.1. The number of hydrogen-bond donors (Lipinski definition) is 4. The number of likely N-dealkylation sites (tertiary alicyclic amines) is 2. The lowest BCUT2D eigenvalue weighted by molar-refractivity contribution is -0.139. The number of methoxy groups -OCH3 is 2. The highest BCUT2D eigenvalue weighted by Gasteiger charge is 2.51. The van der Waals surface area contributed by atoms with Crippen molar-refractivity contribution >= 4 is 35.0 Å². The van der Waals surface area contributed by atoms with Crippen LogP contribution in [0.2, 0.25) is 0 Å². The summed E-state index contributed by atoms with van der Waals surface area (Å²) in [6, 6.07) is 18.1. The third-order valence-electron chi connectivity index (χ3n) is 13.7. The molecule has 2 aliphatic heterocycles. The van der Waals surface area contributed by atoms with Crippen LogP contribution in [0.4, 0.5) is 9.59 Å². The van der Waals surface area contributed by atoms with Crippen molar-refractivity contribution in [2.24, 2.45) is 17.8 Å². The van der Waals surface area contributed by atoms with E-state index in [2.05, 4.69) is 75.2 Å². The predicted octanol–water partition coefficient (Wildman–Crippen LogP) is 7.86. The highest BCUT2D eigenvalue weighted by molar-refractivity contribution is 5.88. The van der Waals surface area contributed by atoms with Crippen LogP contribution in [0.5, 0.6) is 0 Å². The molecule has 6 atom stereocenters. The fourth-order valence-electron chi connectivity index (χ4n) is 10.5. The Hall–Kier alpha value is -6.18. The number of amides is 4. The molecule has 1 saturated carbocycles. The number of benzene rings is 3. The molecule has 1 unspecified atom stereocenters. The van der Waals surface area contributed by atoms with Gasteiger partial charge in [-0.3, -0.25) is 9.59 Å². The molecule has 14 heteroatoms. The summed E-state index contributed by atoms with van der Waals surface area (Å²) in [5, 5.41) is 5.50. The zero-order valence-electron chi connectivity index (χ0n) is 36.3. The molecule has 0 spiro atoms. The zero-order valence-corrected chi connectivity index (χ0v) is 36.3. The molecule has 14 nitrogen and oxygen atoms in total. The molecule has 2 aliphatic carbocycles. The zero-order chi connectivity index (χ0) is 43.4. The third kappa shape index (κ3) is 7.47. The smallest absolute Gasteiger partial charge is 0.407 e. The van der Waals surface area contributed by atoms with Crippen LogP contribution in [0.3, 0.4) is 0 Å². The molecule has 3 aromatic carbocycles. The van der Waals surface area contributed by atoms with E-state index < -0.39 is 24.3 Å². The minimum atomic E-state index is -0.683. The van der Waals surface area contributed by atoms with Gasteiger partial charge in [0.2, 0.25) is 11.8 Å². The van der Waals surface area contributed by atoms with Gasteiger partial charge in [0.15, 0.2) is 0 Å². The van der Waals surface area contributed by atoms with Crippen LogP contribution in [0.25, 0.3) is 44.5 Å². The standard InChI is InChI=1S/C48H56N8O6/c1-25(2)40(53-47(59)61-5)45(57)55-19-7-8-39(55)43-49-24-38(52-43)31-13-17-35-30(21-31)10-9-29-20-27(12-16-34(29)35)28-14-18-36-37(23-28)51-44(50-36)42-32-11-15-33(22-32)56(42)46(58)41(26(3)4)54-48(60)62-6/h12-14,16-18,20-21,23-26,32-33,39-42H,7-11,15,19,22H2,1-6H3,(H,49,52)(H,50,51)(H,53,59)(H,54,60)/t32-,33+,39-,40?,41-,42-/m0/s1. The quantitative estimate of drug-likeness (QED) is 0.110. The van der Waals surface area contributed by atoms with Crippen molar-refractivity contribution in [2.45, 2.75) is 103 Å². The summed E-state index contributed by atoms with van der Waals surface area (Å²) in [4.78, 5) is 72.7. The Balaban J connectivity index is 0.920. The first kappa shape index (κ1) is 41.2. The van der Waals surface area contributed by atoms with E-state index in [1.54, 1.807) is 0 Å².